The highest BCUT2D eigenvalue weighted by Gasteiger charge is 2.18. The van der Waals surface area contributed by atoms with Gasteiger partial charge in [0.1, 0.15) is 12.6 Å². The molecule has 2 aromatic rings. The molecule has 0 spiro atoms. The molecule has 5 nitrogen and oxygen atoms in total. The number of ether oxygens (including phenoxy) is 1. The molecule has 0 bridgehead atoms. The number of nitrogens with one attached hydrogen (secondary N) is 1. The Morgan fingerprint density at radius 3 is 2.33 bits per heavy atom. The Morgan fingerprint density at radius 1 is 1.04 bits per heavy atom. The van der Waals surface area contributed by atoms with E-state index in [4.69, 9.17) is 22.1 Å². The lowest BCUT2D eigenvalue weighted by Gasteiger charge is -2.15. The topological polar surface area (TPSA) is 81.4 Å². The number of benzene rings is 2. The highest BCUT2D eigenvalue weighted by molar-refractivity contribution is 6.30. The first-order valence-electron chi connectivity index (χ1n) is 7.49. The number of hydrogen-bond acceptors (Lipinski definition) is 3. The molecule has 0 aliphatic heterocycles. The van der Waals surface area contributed by atoms with Crippen molar-refractivity contribution in [2.24, 2.45) is 5.73 Å². The van der Waals surface area contributed by atoms with Gasteiger partial charge in [-0.15, -0.1) is 0 Å². The number of nitrogens with two attached hydrogens (primary N) is 1. The number of amides is 2. The van der Waals surface area contributed by atoms with Crippen molar-refractivity contribution < 1.29 is 14.3 Å². The molecule has 6 heteroatoms. The molecule has 0 aliphatic carbocycles. The monoisotopic (exact) mass is 346 g/mol. The molecule has 126 valence electrons. The van der Waals surface area contributed by atoms with Crippen molar-refractivity contribution in [2.75, 3.05) is 6.61 Å². The van der Waals surface area contributed by atoms with Crippen LogP contribution >= 0.6 is 11.6 Å². The highest BCUT2D eigenvalue weighted by Crippen LogP contribution is 2.11. The lowest BCUT2D eigenvalue weighted by molar-refractivity contribution is -0.130. The summed E-state index contributed by atoms with van der Waals surface area (Å²) >= 11 is 5.82. The number of primary amides is 1. The molecule has 0 fully saturated rings. The van der Waals surface area contributed by atoms with Gasteiger partial charge in [-0.25, -0.2) is 0 Å². The molecule has 0 saturated heterocycles. The van der Waals surface area contributed by atoms with E-state index in [9.17, 15) is 9.59 Å². The molecule has 0 radical (unpaired) electrons. The third kappa shape index (κ3) is 6.02. The predicted octanol–water partition coefficient (Wildman–Crippen LogP) is 2.07. The maximum atomic E-state index is 11.9. The van der Waals surface area contributed by atoms with E-state index >= 15 is 0 Å². The van der Waals surface area contributed by atoms with E-state index in [0.717, 1.165) is 11.1 Å². The second kappa shape index (κ2) is 9.05. The lowest BCUT2D eigenvalue weighted by Crippen LogP contribution is -2.47. The van der Waals surface area contributed by atoms with E-state index in [-0.39, 0.29) is 12.5 Å². The van der Waals surface area contributed by atoms with Crippen LogP contribution in [0, 0.1) is 0 Å². The van der Waals surface area contributed by atoms with Gasteiger partial charge in [0.15, 0.2) is 0 Å². The quantitative estimate of drug-likeness (QED) is 0.767. The zero-order valence-electron chi connectivity index (χ0n) is 13.1. The average molecular weight is 347 g/mol. The SMILES string of the molecule is NC(=O)[C@H](Cc1ccc(Cl)cc1)NC(=O)COCc1ccccc1. The Bertz CT molecular complexity index is 674. The first kappa shape index (κ1) is 18.0. The number of rotatable bonds is 8. The number of hydrogen-bond donors (Lipinski definition) is 2. The Morgan fingerprint density at radius 2 is 1.71 bits per heavy atom. The van der Waals surface area contributed by atoms with Gasteiger partial charge in [-0.1, -0.05) is 54.1 Å². The van der Waals surface area contributed by atoms with E-state index in [1.54, 1.807) is 24.3 Å². The van der Waals surface area contributed by atoms with Crippen LogP contribution in [0.4, 0.5) is 0 Å². The summed E-state index contributed by atoms with van der Waals surface area (Å²) in [6, 6.07) is 15.7. The van der Waals surface area contributed by atoms with E-state index in [2.05, 4.69) is 5.32 Å². The van der Waals surface area contributed by atoms with Gasteiger partial charge in [0.25, 0.3) is 0 Å². The van der Waals surface area contributed by atoms with Crippen LogP contribution in [-0.4, -0.2) is 24.5 Å². The summed E-state index contributed by atoms with van der Waals surface area (Å²) < 4.78 is 5.35. The zero-order valence-corrected chi connectivity index (χ0v) is 13.8. The minimum absolute atomic E-state index is 0.140. The number of carbonyl (C=O) groups is 2. The van der Waals surface area contributed by atoms with Gasteiger partial charge in [-0.05, 0) is 23.3 Å². The second-order valence-corrected chi connectivity index (χ2v) is 5.77. The summed E-state index contributed by atoms with van der Waals surface area (Å²) in [4.78, 5) is 23.5. The maximum absolute atomic E-state index is 11.9. The van der Waals surface area contributed by atoms with Crippen molar-refractivity contribution in [1.29, 1.82) is 0 Å². The van der Waals surface area contributed by atoms with Gasteiger partial charge in [0.05, 0.1) is 6.61 Å². The van der Waals surface area contributed by atoms with Crippen molar-refractivity contribution in [3.05, 3.63) is 70.7 Å². The van der Waals surface area contributed by atoms with Gasteiger partial charge in [0, 0.05) is 11.4 Å². The molecule has 2 rings (SSSR count). The van der Waals surface area contributed by atoms with Crippen LogP contribution in [0.25, 0.3) is 0 Å². The van der Waals surface area contributed by atoms with Crippen LogP contribution in [-0.2, 0) is 27.4 Å². The van der Waals surface area contributed by atoms with Gasteiger partial charge < -0.3 is 15.8 Å². The van der Waals surface area contributed by atoms with Crippen molar-refractivity contribution in [3.8, 4) is 0 Å². The van der Waals surface area contributed by atoms with Gasteiger partial charge in [-0.3, -0.25) is 9.59 Å². The lowest BCUT2D eigenvalue weighted by atomic mass is 10.1. The molecule has 1 atom stereocenters. The molecular formula is C18H19ClN2O3. The van der Waals surface area contributed by atoms with Crippen LogP contribution in [0.15, 0.2) is 54.6 Å². The summed E-state index contributed by atoms with van der Waals surface area (Å²) in [5.74, 6) is -0.981. The summed E-state index contributed by atoms with van der Waals surface area (Å²) in [6.07, 6.45) is 0.303. The number of halogens is 1. The first-order chi connectivity index (χ1) is 11.5. The third-order valence-electron chi connectivity index (χ3n) is 3.38. The summed E-state index contributed by atoms with van der Waals surface area (Å²) in [6.45, 7) is 0.186. The Balaban J connectivity index is 1.82. The molecule has 0 aliphatic rings. The fourth-order valence-corrected chi connectivity index (χ4v) is 2.28. The highest BCUT2D eigenvalue weighted by atomic mass is 35.5. The molecule has 0 heterocycles. The Hall–Kier alpha value is -2.37. The first-order valence-corrected chi connectivity index (χ1v) is 7.87. The summed E-state index contributed by atoms with van der Waals surface area (Å²) in [5.41, 5.74) is 7.19. The predicted molar refractivity (Wildman–Crippen MR) is 92.4 cm³/mol. The summed E-state index contributed by atoms with van der Waals surface area (Å²) in [5, 5.41) is 3.20. The van der Waals surface area contributed by atoms with Crippen molar-refractivity contribution >= 4 is 23.4 Å². The van der Waals surface area contributed by atoms with E-state index in [1.807, 2.05) is 30.3 Å². The fourth-order valence-electron chi connectivity index (χ4n) is 2.15. The van der Waals surface area contributed by atoms with Crippen LogP contribution in [0.2, 0.25) is 5.02 Å². The van der Waals surface area contributed by atoms with Crippen LogP contribution in [0.1, 0.15) is 11.1 Å². The van der Waals surface area contributed by atoms with Crippen LogP contribution < -0.4 is 11.1 Å². The Kier molecular flexibility index (Phi) is 6.78. The van der Waals surface area contributed by atoms with Crippen LogP contribution in [0.3, 0.4) is 0 Å². The smallest absolute Gasteiger partial charge is 0.246 e. The molecular weight excluding hydrogens is 328 g/mol. The molecule has 3 N–H and O–H groups in total. The largest absolute Gasteiger partial charge is 0.368 e. The van der Waals surface area contributed by atoms with Gasteiger partial charge >= 0.3 is 0 Å². The molecule has 0 saturated carbocycles. The fraction of sp³-hybridized carbons (Fsp3) is 0.222. The molecule has 2 aromatic carbocycles. The molecule has 0 unspecified atom stereocenters. The van der Waals surface area contributed by atoms with Crippen molar-refractivity contribution in [1.82, 2.24) is 5.32 Å². The second-order valence-electron chi connectivity index (χ2n) is 5.33. The Labute approximate surface area is 145 Å². The summed E-state index contributed by atoms with van der Waals surface area (Å²) in [7, 11) is 0. The van der Waals surface area contributed by atoms with E-state index in [0.29, 0.717) is 18.1 Å². The normalized spacial score (nSPS) is 11.7. The van der Waals surface area contributed by atoms with Crippen molar-refractivity contribution in [3.63, 3.8) is 0 Å². The van der Waals surface area contributed by atoms with Gasteiger partial charge in [0.2, 0.25) is 11.8 Å². The van der Waals surface area contributed by atoms with E-state index < -0.39 is 11.9 Å². The minimum Gasteiger partial charge on any atom is -0.368 e. The molecule has 2 amide bonds. The zero-order chi connectivity index (χ0) is 17.4. The third-order valence-corrected chi connectivity index (χ3v) is 3.63. The van der Waals surface area contributed by atoms with Gasteiger partial charge in [-0.2, -0.15) is 0 Å². The standard InChI is InChI=1S/C18H19ClN2O3/c19-15-8-6-13(7-9-15)10-16(18(20)23)21-17(22)12-24-11-14-4-2-1-3-5-14/h1-9,16H,10-12H2,(H2,20,23)(H,21,22)/t16-/m0/s1. The molecule has 0 aromatic heterocycles. The average Bonchev–Trinajstić information content (AvgIpc) is 2.57. The maximum Gasteiger partial charge on any atom is 0.246 e. The minimum atomic E-state index is -0.793. The molecule has 24 heavy (non-hydrogen) atoms. The van der Waals surface area contributed by atoms with Crippen LogP contribution in [0.5, 0.6) is 0 Å². The number of carbonyl (C=O) groups excluding carboxylic acids is 2. The van der Waals surface area contributed by atoms with Crippen molar-refractivity contribution in [2.45, 2.75) is 19.1 Å². The van der Waals surface area contributed by atoms with E-state index in [1.165, 1.54) is 0 Å².